The molecule has 2 aliphatic rings. The van der Waals surface area contributed by atoms with E-state index in [-0.39, 0.29) is 30.3 Å². The highest BCUT2D eigenvalue weighted by molar-refractivity contribution is 5.76. The zero-order valence-corrected chi connectivity index (χ0v) is 18.7. The van der Waals surface area contributed by atoms with Gasteiger partial charge in [0, 0.05) is 37.4 Å². The average Bonchev–Trinajstić information content (AvgIpc) is 3.29. The molecular formula is C25H31F2N3O3. The van der Waals surface area contributed by atoms with E-state index in [1.54, 1.807) is 18.2 Å². The topological polar surface area (TPSA) is 68.0 Å². The number of piperazine rings is 1. The monoisotopic (exact) mass is 459 g/mol. The number of rotatable bonds is 9. The Labute approximate surface area is 193 Å². The second-order valence-electron chi connectivity index (χ2n) is 8.76. The van der Waals surface area contributed by atoms with Crippen LogP contribution in [0.1, 0.15) is 31.2 Å². The summed E-state index contributed by atoms with van der Waals surface area (Å²) in [4.78, 5) is 16.0. The number of hydrogen-bond donors (Lipinski definition) is 1. The van der Waals surface area contributed by atoms with Crippen LogP contribution < -0.4 is 20.1 Å². The van der Waals surface area contributed by atoms with E-state index in [9.17, 15) is 13.6 Å². The Bertz CT molecular complexity index is 922. The Morgan fingerprint density at radius 3 is 2.52 bits per heavy atom. The fraction of sp³-hybridized carbons (Fsp3) is 0.480. The summed E-state index contributed by atoms with van der Waals surface area (Å²) in [5.41, 5.74) is 7.57. The SMILES string of the molecule is NC(=O)CN1CCN(c2ccc(OC(F)F)c(OC3CCCC3)c2)CC1Cc1ccccc1. The molecular weight excluding hydrogens is 428 g/mol. The van der Waals surface area contributed by atoms with Crippen LogP contribution >= 0.6 is 0 Å². The molecule has 1 saturated carbocycles. The van der Waals surface area contributed by atoms with E-state index < -0.39 is 6.61 Å². The van der Waals surface area contributed by atoms with Crippen LogP contribution in [0, 0.1) is 0 Å². The Morgan fingerprint density at radius 2 is 1.82 bits per heavy atom. The van der Waals surface area contributed by atoms with Crippen molar-refractivity contribution in [2.45, 2.75) is 50.9 Å². The summed E-state index contributed by atoms with van der Waals surface area (Å²) in [5.74, 6) is 0.0787. The van der Waals surface area contributed by atoms with Crippen LogP contribution in [0.15, 0.2) is 48.5 Å². The minimum absolute atomic E-state index is 0.0264. The molecule has 1 unspecified atom stereocenters. The predicted octanol–water partition coefficient (Wildman–Crippen LogP) is 3.83. The number of carbonyl (C=O) groups is 1. The van der Waals surface area contributed by atoms with Gasteiger partial charge in [0.15, 0.2) is 11.5 Å². The molecule has 2 aromatic carbocycles. The van der Waals surface area contributed by atoms with Gasteiger partial charge in [-0.05, 0) is 49.8 Å². The largest absolute Gasteiger partial charge is 0.486 e. The number of ether oxygens (including phenoxy) is 2. The maximum Gasteiger partial charge on any atom is 0.387 e. The van der Waals surface area contributed by atoms with Gasteiger partial charge in [-0.15, -0.1) is 0 Å². The van der Waals surface area contributed by atoms with Crippen LogP contribution in [-0.2, 0) is 11.2 Å². The first-order valence-electron chi connectivity index (χ1n) is 11.5. The summed E-state index contributed by atoms with van der Waals surface area (Å²) in [6.07, 6.45) is 4.81. The molecule has 4 rings (SSSR count). The Morgan fingerprint density at radius 1 is 1.06 bits per heavy atom. The highest BCUT2D eigenvalue weighted by atomic mass is 19.3. The molecule has 0 bridgehead atoms. The number of amides is 1. The van der Waals surface area contributed by atoms with E-state index in [0.29, 0.717) is 25.4 Å². The van der Waals surface area contributed by atoms with Crippen molar-refractivity contribution < 1.29 is 23.0 Å². The average molecular weight is 460 g/mol. The first kappa shape index (κ1) is 23.3. The van der Waals surface area contributed by atoms with Crippen molar-refractivity contribution in [2.24, 2.45) is 5.73 Å². The molecule has 0 aromatic heterocycles. The number of carbonyl (C=O) groups excluding carboxylic acids is 1. The lowest BCUT2D eigenvalue weighted by Gasteiger charge is -2.42. The molecule has 2 N–H and O–H groups in total. The predicted molar refractivity (Wildman–Crippen MR) is 123 cm³/mol. The molecule has 2 fully saturated rings. The van der Waals surface area contributed by atoms with Crippen molar-refractivity contribution in [1.29, 1.82) is 0 Å². The molecule has 0 spiro atoms. The van der Waals surface area contributed by atoms with Gasteiger partial charge in [0.25, 0.3) is 0 Å². The van der Waals surface area contributed by atoms with Crippen molar-refractivity contribution in [3.8, 4) is 11.5 Å². The normalized spacial score (nSPS) is 19.7. The zero-order valence-electron chi connectivity index (χ0n) is 18.7. The van der Waals surface area contributed by atoms with Gasteiger partial charge < -0.3 is 20.1 Å². The standard InChI is InChI=1S/C25H31F2N3O3/c26-25(27)33-22-11-10-19(15-23(22)32-21-8-4-5-9-21)29-12-13-30(17-24(28)31)20(16-29)14-18-6-2-1-3-7-18/h1-3,6-7,10-11,15,20-21,25H,4-5,8-9,12-14,16-17H2,(H2,28,31). The Balaban J connectivity index is 1.54. The molecule has 1 saturated heterocycles. The van der Waals surface area contributed by atoms with E-state index in [1.807, 2.05) is 18.2 Å². The molecule has 8 heteroatoms. The van der Waals surface area contributed by atoms with Gasteiger partial charge in [-0.1, -0.05) is 30.3 Å². The molecule has 1 aliphatic carbocycles. The Hall–Kier alpha value is -2.87. The first-order chi connectivity index (χ1) is 16.0. The molecule has 1 atom stereocenters. The van der Waals surface area contributed by atoms with Gasteiger partial charge in [-0.3, -0.25) is 9.69 Å². The minimum atomic E-state index is -2.91. The number of anilines is 1. The number of nitrogens with zero attached hydrogens (tertiary/aromatic N) is 2. The number of hydrogen-bond acceptors (Lipinski definition) is 5. The summed E-state index contributed by atoms with van der Waals surface area (Å²) < 4.78 is 36.7. The molecule has 6 nitrogen and oxygen atoms in total. The highest BCUT2D eigenvalue weighted by Gasteiger charge is 2.29. The van der Waals surface area contributed by atoms with Gasteiger partial charge in [-0.25, -0.2) is 0 Å². The maximum absolute atomic E-state index is 12.9. The molecule has 1 aliphatic heterocycles. The van der Waals surface area contributed by atoms with Crippen LogP contribution in [0.5, 0.6) is 11.5 Å². The second kappa shape index (κ2) is 10.8. The van der Waals surface area contributed by atoms with Crippen molar-refractivity contribution >= 4 is 11.6 Å². The van der Waals surface area contributed by atoms with E-state index in [4.69, 9.17) is 15.2 Å². The van der Waals surface area contributed by atoms with Gasteiger partial charge in [0.1, 0.15) is 0 Å². The van der Waals surface area contributed by atoms with Crippen molar-refractivity contribution in [1.82, 2.24) is 4.90 Å². The number of nitrogens with two attached hydrogens (primary N) is 1. The summed E-state index contributed by atoms with van der Waals surface area (Å²) >= 11 is 0. The smallest absolute Gasteiger partial charge is 0.387 e. The fourth-order valence-corrected chi connectivity index (χ4v) is 4.78. The lowest BCUT2D eigenvalue weighted by molar-refractivity contribution is -0.119. The number of primary amides is 1. The Kier molecular flexibility index (Phi) is 7.65. The molecule has 1 amide bonds. The highest BCUT2D eigenvalue weighted by Crippen LogP contribution is 2.36. The van der Waals surface area contributed by atoms with Gasteiger partial charge in [0.2, 0.25) is 5.91 Å². The van der Waals surface area contributed by atoms with Crippen LogP contribution in [-0.4, -0.2) is 55.7 Å². The lowest BCUT2D eigenvalue weighted by Crippen LogP contribution is -2.56. The van der Waals surface area contributed by atoms with Gasteiger partial charge in [-0.2, -0.15) is 8.78 Å². The van der Waals surface area contributed by atoms with Gasteiger partial charge >= 0.3 is 6.61 Å². The molecule has 178 valence electrons. The summed E-state index contributed by atoms with van der Waals surface area (Å²) in [6.45, 7) is -0.650. The fourth-order valence-electron chi connectivity index (χ4n) is 4.78. The van der Waals surface area contributed by atoms with Crippen molar-refractivity contribution in [3.63, 3.8) is 0 Å². The van der Waals surface area contributed by atoms with E-state index >= 15 is 0 Å². The lowest BCUT2D eigenvalue weighted by atomic mass is 10.0. The molecule has 1 heterocycles. The molecule has 33 heavy (non-hydrogen) atoms. The zero-order chi connectivity index (χ0) is 23.2. The number of benzene rings is 2. The van der Waals surface area contributed by atoms with Crippen molar-refractivity contribution in [2.75, 3.05) is 31.1 Å². The number of alkyl halides is 2. The van der Waals surface area contributed by atoms with Crippen LogP contribution in [0.25, 0.3) is 0 Å². The quantitative estimate of drug-likeness (QED) is 0.617. The van der Waals surface area contributed by atoms with E-state index in [0.717, 1.165) is 37.8 Å². The third kappa shape index (κ3) is 6.35. The minimum Gasteiger partial charge on any atom is -0.486 e. The van der Waals surface area contributed by atoms with Crippen LogP contribution in [0.4, 0.5) is 14.5 Å². The summed E-state index contributed by atoms with van der Waals surface area (Å²) in [7, 11) is 0. The van der Waals surface area contributed by atoms with E-state index in [1.165, 1.54) is 5.56 Å². The third-order valence-corrected chi connectivity index (χ3v) is 6.38. The van der Waals surface area contributed by atoms with Crippen LogP contribution in [0.3, 0.4) is 0 Å². The first-order valence-corrected chi connectivity index (χ1v) is 11.5. The summed E-state index contributed by atoms with van der Waals surface area (Å²) in [6, 6.07) is 15.4. The van der Waals surface area contributed by atoms with Gasteiger partial charge in [0.05, 0.1) is 12.6 Å². The second-order valence-corrected chi connectivity index (χ2v) is 8.76. The molecule has 0 radical (unpaired) electrons. The third-order valence-electron chi connectivity index (χ3n) is 6.38. The maximum atomic E-state index is 12.9. The van der Waals surface area contributed by atoms with E-state index in [2.05, 4.69) is 21.9 Å². The van der Waals surface area contributed by atoms with Crippen LogP contribution in [0.2, 0.25) is 0 Å². The summed E-state index contributed by atoms with van der Waals surface area (Å²) in [5, 5.41) is 0. The molecule has 2 aromatic rings. The number of halogens is 2. The van der Waals surface area contributed by atoms with Crippen molar-refractivity contribution in [3.05, 3.63) is 54.1 Å².